The van der Waals surface area contributed by atoms with E-state index in [0.29, 0.717) is 13.1 Å². The summed E-state index contributed by atoms with van der Waals surface area (Å²) in [6, 6.07) is 0. The van der Waals surface area contributed by atoms with Gasteiger partial charge in [-0.25, -0.2) is 5.06 Å². The standard InChI is InChI=1S/C16H32N2O3/c1-3-5-7-9-13-17-15(19)11-12-16(20)18(21)14-10-8-6-4-2/h21H,3-14H2,1-2H3,(H,17,19). The first kappa shape index (κ1) is 19.9. The third kappa shape index (κ3) is 12.4. The van der Waals surface area contributed by atoms with Crippen molar-refractivity contribution >= 4 is 11.8 Å². The molecule has 0 aromatic heterocycles. The van der Waals surface area contributed by atoms with Crippen LogP contribution >= 0.6 is 0 Å². The third-order valence-electron chi connectivity index (χ3n) is 3.43. The zero-order valence-electron chi connectivity index (χ0n) is 13.7. The van der Waals surface area contributed by atoms with E-state index in [1.54, 1.807) is 0 Å². The highest BCUT2D eigenvalue weighted by atomic mass is 16.5. The molecule has 0 saturated carbocycles. The molecule has 0 unspecified atom stereocenters. The lowest BCUT2D eigenvalue weighted by atomic mass is 10.2. The Morgan fingerprint density at radius 2 is 1.52 bits per heavy atom. The molecule has 0 aliphatic rings. The van der Waals surface area contributed by atoms with Crippen LogP contribution in [0.4, 0.5) is 0 Å². The number of hydroxylamine groups is 2. The topological polar surface area (TPSA) is 69.6 Å². The first-order chi connectivity index (χ1) is 10.1. The number of rotatable bonds is 13. The van der Waals surface area contributed by atoms with Gasteiger partial charge in [0.05, 0.1) is 0 Å². The van der Waals surface area contributed by atoms with Crippen LogP contribution in [0.15, 0.2) is 0 Å². The molecular weight excluding hydrogens is 268 g/mol. The van der Waals surface area contributed by atoms with Crippen LogP contribution in [0.25, 0.3) is 0 Å². The van der Waals surface area contributed by atoms with Crippen molar-refractivity contribution in [3.05, 3.63) is 0 Å². The molecule has 0 heterocycles. The fraction of sp³-hybridized carbons (Fsp3) is 0.875. The third-order valence-corrected chi connectivity index (χ3v) is 3.43. The van der Waals surface area contributed by atoms with Gasteiger partial charge in [-0.2, -0.15) is 0 Å². The summed E-state index contributed by atoms with van der Waals surface area (Å²) in [5.41, 5.74) is 0. The Morgan fingerprint density at radius 3 is 2.14 bits per heavy atom. The van der Waals surface area contributed by atoms with Crippen molar-refractivity contribution in [3.8, 4) is 0 Å². The Morgan fingerprint density at radius 1 is 0.905 bits per heavy atom. The summed E-state index contributed by atoms with van der Waals surface area (Å²) in [4.78, 5) is 23.2. The lowest BCUT2D eigenvalue weighted by Crippen LogP contribution is -2.31. The molecule has 5 nitrogen and oxygen atoms in total. The Balaban J connectivity index is 3.59. The van der Waals surface area contributed by atoms with Gasteiger partial charge >= 0.3 is 0 Å². The van der Waals surface area contributed by atoms with Crippen LogP contribution in [0.3, 0.4) is 0 Å². The minimum Gasteiger partial charge on any atom is -0.356 e. The monoisotopic (exact) mass is 300 g/mol. The molecule has 2 N–H and O–H groups in total. The van der Waals surface area contributed by atoms with Crippen molar-refractivity contribution in [1.29, 1.82) is 0 Å². The molecule has 0 aliphatic carbocycles. The number of hydrogen-bond acceptors (Lipinski definition) is 3. The summed E-state index contributed by atoms with van der Waals surface area (Å²) in [5.74, 6) is -0.480. The average Bonchev–Trinajstić information content (AvgIpc) is 2.48. The van der Waals surface area contributed by atoms with Gasteiger partial charge in [-0.15, -0.1) is 0 Å². The molecule has 0 saturated heterocycles. The van der Waals surface area contributed by atoms with Gasteiger partial charge in [0.1, 0.15) is 0 Å². The van der Waals surface area contributed by atoms with Gasteiger partial charge in [-0.3, -0.25) is 14.8 Å². The van der Waals surface area contributed by atoms with E-state index in [9.17, 15) is 14.8 Å². The summed E-state index contributed by atoms with van der Waals surface area (Å²) < 4.78 is 0. The van der Waals surface area contributed by atoms with Crippen LogP contribution < -0.4 is 5.32 Å². The van der Waals surface area contributed by atoms with Crippen molar-refractivity contribution in [2.75, 3.05) is 13.1 Å². The lowest BCUT2D eigenvalue weighted by Gasteiger charge is -2.14. The van der Waals surface area contributed by atoms with Crippen LogP contribution in [-0.4, -0.2) is 35.2 Å². The summed E-state index contributed by atoms with van der Waals surface area (Å²) in [7, 11) is 0. The normalized spacial score (nSPS) is 10.4. The fourth-order valence-corrected chi connectivity index (χ4v) is 2.03. The van der Waals surface area contributed by atoms with E-state index in [1.807, 2.05) is 0 Å². The van der Waals surface area contributed by atoms with E-state index >= 15 is 0 Å². The predicted molar refractivity (Wildman–Crippen MR) is 84.0 cm³/mol. The second kappa shape index (κ2) is 13.9. The second-order valence-corrected chi connectivity index (χ2v) is 5.49. The molecule has 0 spiro atoms. The maximum atomic E-state index is 11.6. The minimum absolute atomic E-state index is 0.0745. The highest BCUT2D eigenvalue weighted by Gasteiger charge is 2.12. The maximum Gasteiger partial charge on any atom is 0.246 e. The second-order valence-electron chi connectivity index (χ2n) is 5.49. The summed E-state index contributed by atoms with van der Waals surface area (Å²) in [6.07, 6.45) is 8.75. The molecule has 21 heavy (non-hydrogen) atoms. The quantitative estimate of drug-likeness (QED) is 0.311. The molecule has 0 atom stereocenters. The van der Waals surface area contributed by atoms with Crippen LogP contribution in [0.5, 0.6) is 0 Å². The summed E-state index contributed by atoms with van der Waals surface area (Å²) in [5, 5.41) is 13.1. The smallest absolute Gasteiger partial charge is 0.246 e. The maximum absolute atomic E-state index is 11.6. The Hall–Kier alpha value is -1.10. The molecule has 124 valence electrons. The molecule has 0 aliphatic heterocycles. The highest BCUT2D eigenvalue weighted by Crippen LogP contribution is 2.03. The van der Waals surface area contributed by atoms with Crippen molar-refractivity contribution in [3.63, 3.8) is 0 Å². The molecule has 0 aromatic carbocycles. The van der Waals surface area contributed by atoms with E-state index in [0.717, 1.165) is 43.6 Å². The zero-order chi connectivity index (χ0) is 15.9. The minimum atomic E-state index is -0.368. The van der Waals surface area contributed by atoms with Crippen LogP contribution in [0, 0.1) is 0 Å². The molecule has 0 bridgehead atoms. The van der Waals surface area contributed by atoms with E-state index < -0.39 is 0 Å². The van der Waals surface area contributed by atoms with Gasteiger partial charge in [0.15, 0.2) is 0 Å². The Bertz CT molecular complexity index is 283. The van der Waals surface area contributed by atoms with Crippen molar-refractivity contribution in [2.24, 2.45) is 0 Å². The largest absolute Gasteiger partial charge is 0.356 e. The summed E-state index contributed by atoms with van der Waals surface area (Å²) >= 11 is 0. The Kier molecular flexibility index (Phi) is 13.1. The molecule has 0 fully saturated rings. The van der Waals surface area contributed by atoms with Crippen molar-refractivity contribution in [1.82, 2.24) is 10.4 Å². The first-order valence-electron chi connectivity index (χ1n) is 8.37. The number of nitrogens with one attached hydrogen (secondary N) is 1. The number of amides is 2. The van der Waals surface area contributed by atoms with Crippen LogP contribution in [-0.2, 0) is 9.59 Å². The van der Waals surface area contributed by atoms with Crippen molar-refractivity contribution in [2.45, 2.75) is 78.1 Å². The summed E-state index contributed by atoms with van der Waals surface area (Å²) in [6.45, 7) is 5.29. The first-order valence-corrected chi connectivity index (χ1v) is 8.37. The molecular formula is C16H32N2O3. The highest BCUT2D eigenvalue weighted by molar-refractivity contribution is 5.83. The molecule has 0 rings (SSSR count). The lowest BCUT2D eigenvalue weighted by molar-refractivity contribution is -0.166. The molecule has 5 heteroatoms. The number of unbranched alkanes of at least 4 members (excludes halogenated alkanes) is 6. The number of nitrogens with zero attached hydrogens (tertiary/aromatic N) is 1. The fourth-order valence-electron chi connectivity index (χ4n) is 2.03. The van der Waals surface area contributed by atoms with E-state index in [2.05, 4.69) is 19.2 Å². The molecule has 2 amide bonds. The Labute approximate surface area is 129 Å². The number of carbonyl (C=O) groups is 2. The average molecular weight is 300 g/mol. The SMILES string of the molecule is CCCCCCNC(=O)CCC(=O)N(O)CCCCCC. The van der Waals surface area contributed by atoms with Crippen molar-refractivity contribution < 1.29 is 14.8 Å². The van der Waals surface area contributed by atoms with Gasteiger partial charge < -0.3 is 5.32 Å². The van der Waals surface area contributed by atoms with Crippen LogP contribution in [0.2, 0.25) is 0 Å². The van der Waals surface area contributed by atoms with Gasteiger partial charge in [-0.1, -0.05) is 52.4 Å². The molecule has 0 aromatic rings. The van der Waals surface area contributed by atoms with Gasteiger partial charge in [-0.05, 0) is 12.8 Å². The predicted octanol–water partition coefficient (Wildman–Crippen LogP) is 3.26. The number of hydrogen-bond donors (Lipinski definition) is 2. The van der Waals surface area contributed by atoms with Gasteiger partial charge in [0.2, 0.25) is 11.8 Å². The van der Waals surface area contributed by atoms with Gasteiger partial charge in [0.25, 0.3) is 0 Å². The van der Waals surface area contributed by atoms with E-state index in [-0.39, 0.29) is 24.7 Å². The zero-order valence-corrected chi connectivity index (χ0v) is 13.7. The van der Waals surface area contributed by atoms with Crippen LogP contribution in [0.1, 0.15) is 78.1 Å². The van der Waals surface area contributed by atoms with E-state index in [1.165, 1.54) is 12.8 Å². The van der Waals surface area contributed by atoms with E-state index in [4.69, 9.17) is 0 Å². The molecule has 0 radical (unpaired) electrons. The number of carbonyl (C=O) groups excluding carboxylic acids is 2. The van der Waals surface area contributed by atoms with Gasteiger partial charge in [0, 0.05) is 25.9 Å².